The van der Waals surface area contributed by atoms with E-state index in [0.29, 0.717) is 13.2 Å². The lowest BCUT2D eigenvalue weighted by molar-refractivity contribution is -0.126. The zero-order valence-electron chi connectivity index (χ0n) is 10.4. The molecule has 1 aliphatic heterocycles. The number of aryl methyl sites for hydroxylation is 1. The Hall–Kier alpha value is -1.80. The van der Waals surface area contributed by atoms with Crippen molar-refractivity contribution in [1.82, 2.24) is 14.9 Å². The summed E-state index contributed by atoms with van der Waals surface area (Å²) in [6.07, 6.45) is 10.7. The van der Waals surface area contributed by atoms with Crippen molar-refractivity contribution in [2.45, 2.75) is 25.4 Å². The molecule has 1 aromatic heterocycles. The van der Waals surface area contributed by atoms with Gasteiger partial charge in [0.25, 0.3) is 0 Å². The van der Waals surface area contributed by atoms with Crippen LogP contribution in [0.4, 0.5) is 0 Å². The van der Waals surface area contributed by atoms with Gasteiger partial charge in [-0.05, 0) is 12.8 Å². The lowest BCUT2D eigenvalue weighted by Gasteiger charge is -2.24. The molecule has 5 heteroatoms. The summed E-state index contributed by atoms with van der Waals surface area (Å²) in [6, 6.07) is -0.355. The van der Waals surface area contributed by atoms with Crippen LogP contribution >= 0.6 is 0 Å². The van der Waals surface area contributed by atoms with Gasteiger partial charge in [0.1, 0.15) is 6.04 Å². The van der Waals surface area contributed by atoms with E-state index in [9.17, 15) is 4.79 Å². The molecule has 0 aromatic carbocycles. The van der Waals surface area contributed by atoms with Crippen molar-refractivity contribution < 1.29 is 9.53 Å². The summed E-state index contributed by atoms with van der Waals surface area (Å²) >= 11 is 0. The number of fused-ring (bicyclic) bond motifs is 1. The maximum absolute atomic E-state index is 12.1. The number of hydrogen-bond acceptors (Lipinski definition) is 3. The van der Waals surface area contributed by atoms with Crippen molar-refractivity contribution >= 4 is 5.91 Å². The summed E-state index contributed by atoms with van der Waals surface area (Å²) in [4.78, 5) is 16.2. The molecule has 1 N–H and O–H groups in total. The summed E-state index contributed by atoms with van der Waals surface area (Å²) in [5.41, 5.74) is 1.18. The third kappa shape index (κ3) is 2.71. The van der Waals surface area contributed by atoms with Crippen molar-refractivity contribution in [3.63, 3.8) is 0 Å². The normalized spacial score (nSPS) is 19.7. The number of nitrogens with one attached hydrogen (secondary N) is 1. The number of aromatic nitrogens is 2. The van der Waals surface area contributed by atoms with E-state index in [1.165, 1.54) is 5.69 Å². The third-order valence-electron chi connectivity index (χ3n) is 3.19. The minimum atomic E-state index is -0.355. The number of terminal acetylenes is 1. The Kier molecular flexibility index (Phi) is 4.00. The van der Waals surface area contributed by atoms with E-state index < -0.39 is 0 Å². The predicted octanol–water partition coefficient (Wildman–Crippen LogP) is 0.210. The van der Waals surface area contributed by atoms with Gasteiger partial charge in [0, 0.05) is 25.5 Å². The number of carbonyl (C=O) groups is 1. The second-order valence-electron chi connectivity index (χ2n) is 4.46. The SMILES string of the molecule is C#CC(COC)NC(=O)C1CCc2cncn2C1. The smallest absolute Gasteiger partial charge is 0.225 e. The van der Waals surface area contributed by atoms with Crippen LogP contribution in [0.2, 0.25) is 0 Å². The average molecular weight is 247 g/mol. The summed E-state index contributed by atoms with van der Waals surface area (Å²) in [6.45, 7) is 1.01. The van der Waals surface area contributed by atoms with Crippen LogP contribution in [0.1, 0.15) is 12.1 Å². The van der Waals surface area contributed by atoms with Crippen molar-refractivity contribution in [2.75, 3.05) is 13.7 Å². The Bertz CT molecular complexity index is 461. The van der Waals surface area contributed by atoms with E-state index in [2.05, 4.69) is 16.2 Å². The Balaban J connectivity index is 1.93. The number of carbonyl (C=O) groups excluding carboxylic acids is 1. The van der Waals surface area contributed by atoms with E-state index in [1.54, 1.807) is 13.4 Å². The molecule has 96 valence electrons. The number of amides is 1. The molecule has 0 spiro atoms. The predicted molar refractivity (Wildman–Crippen MR) is 66.7 cm³/mol. The zero-order chi connectivity index (χ0) is 13.0. The summed E-state index contributed by atoms with van der Waals surface area (Å²) < 4.78 is 6.98. The van der Waals surface area contributed by atoms with Crippen LogP contribution in [0.3, 0.4) is 0 Å². The standard InChI is InChI=1S/C13H17N3O2/c1-3-11(8-18-2)15-13(17)10-4-5-12-6-14-9-16(12)7-10/h1,6,9-11H,4-5,7-8H2,2H3,(H,15,17). The Morgan fingerprint density at radius 3 is 3.39 bits per heavy atom. The van der Waals surface area contributed by atoms with E-state index in [4.69, 9.17) is 11.2 Å². The molecule has 2 unspecified atom stereocenters. The van der Waals surface area contributed by atoms with Gasteiger partial charge >= 0.3 is 0 Å². The first-order valence-corrected chi connectivity index (χ1v) is 5.99. The minimum absolute atomic E-state index is 0.00523. The number of rotatable bonds is 4. The fraction of sp³-hybridized carbons (Fsp3) is 0.538. The molecule has 0 bridgehead atoms. The van der Waals surface area contributed by atoms with Crippen LogP contribution in [0.5, 0.6) is 0 Å². The van der Waals surface area contributed by atoms with E-state index in [-0.39, 0.29) is 17.9 Å². The molecule has 18 heavy (non-hydrogen) atoms. The van der Waals surface area contributed by atoms with Gasteiger partial charge in [0.15, 0.2) is 0 Å². The molecule has 0 radical (unpaired) electrons. The summed E-state index contributed by atoms with van der Waals surface area (Å²) in [5, 5.41) is 2.83. The zero-order valence-corrected chi connectivity index (χ0v) is 10.4. The van der Waals surface area contributed by atoms with Crippen LogP contribution < -0.4 is 5.32 Å². The number of methoxy groups -OCH3 is 1. The molecule has 1 aliphatic rings. The first-order valence-electron chi connectivity index (χ1n) is 5.99. The number of ether oxygens (including phenoxy) is 1. The van der Waals surface area contributed by atoms with Crippen molar-refractivity contribution in [3.05, 3.63) is 18.2 Å². The number of nitrogens with zero attached hydrogens (tertiary/aromatic N) is 2. The van der Waals surface area contributed by atoms with E-state index >= 15 is 0 Å². The first kappa shape index (κ1) is 12.7. The molecule has 5 nitrogen and oxygen atoms in total. The Morgan fingerprint density at radius 1 is 1.83 bits per heavy atom. The van der Waals surface area contributed by atoms with E-state index in [0.717, 1.165) is 12.8 Å². The fourth-order valence-electron chi connectivity index (χ4n) is 2.17. The third-order valence-corrected chi connectivity index (χ3v) is 3.19. The van der Waals surface area contributed by atoms with Crippen LogP contribution in [0, 0.1) is 18.3 Å². The van der Waals surface area contributed by atoms with Crippen molar-refractivity contribution in [3.8, 4) is 12.3 Å². The maximum atomic E-state index is 12.1. The lowest BCUT2D eigenvalue weighted by Crippen LogP contribution is -2.42. The van der Waals surface area contributed by atoms with Crippen LogP contribution in [-0.4, -0.2) is 35.2 Å². The van der Waals surface area contributed by atoms with Crippen molar-refractivity contribution in [1.29, 1.82) is 0 Å². The molecule has 2 heterocycles. The van der Waals surface area contributed by atoms with Crippen LogP contribution in [0.15, 0.2) is 12.5 Å². The number of hydrogen-bond donors (Lipinski definition) is 1. The molecular formula is C13H17N3O2. The molecule has 0 saturated carbocycles. The molecule has 0 saturated heterocycles. The van der Waals surface area contributed by atoms with Gasteiger partial charge in [-0.3, -0.25) is 4.79 Å². The van der Waals surface area contributed by atoms with Gasteiger partial charge in [-0.15, -0.1) is 6.42 Å². The van der Waals surface area contributed by atoms with Gasteiger partial charge in [-0.2, -0.15) is 0 Å². The number of imidazole rings is 1. The molecule has 0 fully saturated rings. The molecule has 1 amide bonds. The second kappa shape index (κ2) is 5.69. The molecule has 2 rings (SSSR count). The fourth-order valence-corrected chi connectivity index (χ4v) is 2.17. The first-order chi connectivity index (χ1) is 8.74. The van der Waals surface area contributed by atoms with Crippen molar-refractivity contribution in [2.24, 2.45) is 5.92 Å². The molecule has 2 atom stereocenters. The average Bonchev–Trinajstić information content (AvgIpc) is 2.85. The maximum Gasteiger partial charge on any atom is 0.225 e. The molecule has 1 aromatic rings. The van der Waals surface area contributed by atoms with Gasteiger partial charge in [0.05, 0.1) is 18.9 Å². The summed E-state index contributed by atoms with van der Waals surface area (Å²) in [7, 11) is 1.56. The monoisotopic (exact) mass is 247 g/mol. The lowest BCUT2D eigenvalue weighted by atomic mass is 9.97. The van der Waals surface area contributed by atoms with Crippen LogP contribution in [-0.2, 0) is 22.5 Å². The van der Waals surface area contributed by atoms with Gasteiger partial charge in [-0.25, -0.2) is 4.98 Å². The highest BCUT2D eigenvalue weighted by molar-refractivity contribution is 5.79. The topological polar surface area (TPSA) is 56.1 Å². The molecular weight excluding hydrogens is 230 g/mol. The largest absolute Gasteiger partial charge is 0.382 e. The summed E-state index contributed by atoms with van der Waals surface area (Å²) in [5.74, 6) is 2.46. The molecule has 0 aliphatic carbocycles. The van der Waals surface area contributed by atoms with Gasteiger partial charge in [0.2, 0.25) is 5.91 Å². The van der Waals surface area contributed by atoms with E-state index in [1.807, 2.05) is 10.8 Å². The Morgan fingerprint density at radius 2 is 2.67 bits per heavy atom. The van der Waals surface area contributed by atoms with Crippen LogP contribution in [0.25, 0.3) is 0 Å². The second-order valence-corrected chi connectivity index (χ2v) is 4.46. The highest BCUT2D eigenvalue weighted by Crippen LogP contribution is 2.19. The highest BCUT2D eigenvalue weighted by Gasteiger charge is 2.25. The quantitative estimate of drug-likeness (QED) is 0.774. The highest BCUT2D eigenvalue weighted by atomic mass is 16.5. The van der Waals surface area contributed by atoms with Gasteiger partial charge in [-0.1, -0.05) is 5.92 Å². The Labute approximate surface area is 107 Å². The van der Waals surface area contributed by atoms with Gasteiger partial charge < -0.3 is 14.6 Å². The minimum Gasteiger partial charge on any atom is -0.382 e.